The summed E-state index contributed by atoms with van der Waals surface area (Å²) in [6.07, 6.45) is 0. The number of fused-ring (bicyclic) bond motifs is 9. The molecule has 12 aromatic carbocycles. The topological polar surface area (TPSA) is 43.6 Å². The van der Waals surface area contributed by atoms with Crippen LogP contribution in [0.4, 0.5) is 0 Å². The summed E-state index contributed by atoms with van der Waals surface area (Å²) in [5.41, 5.74) is 18.0. The molecule has 0 N–H and O–H groups in total. The fraction of sp³-hybridized carbons (Fsp3) is 0. The first-order valence-electron chi connectivity index (χ1n) is 27.3. The van der Waals surface area contributed by atoms with Crippen LogP contribution in [0, 0.1) is 0 Å². The van der Waals surface area contributed by atoms with Crippen molar-refractivity contribution in [2.45, 2.75) is 0 Å². The van der Waals surface area contributed by atoms with Gasteiger partial charge in [-0.3, -0.25) is 0 Å². The monoisotopic (exact) mass is 1070 g/mol. The van der Waals surface area contributed by atoms with Crippen LogP contribution in [0.5, 0.6) is 0 Å². The number of para-hydroxylation sites is 1. The van der Waals surface area contributed by atoms with E-state index in [1.807, 2.05) is 29.5 Å². The summed E-state index contributed by atoms with van der Waals surface area (Å²) in [5, 5.41) is 7.39. The van der Waals surface area contributed by atoms with Gasteiger partial charge in [0.05, 0.1) is 11.0 Å². The van der Waals surface area contributed by atoms with Crippen LogP contribution in [0.2, 0.25) is 0 Å². The Morgan fingerprint density at radius 2 is 0.728 bits per heavy atom. The molecule has 16 aromatic rings. The summed E-state index contributed by atoms with van der Waals surface area (Å²) in [6, 6.07) is 101. The van der Waals surface area contributed by atoms with Gasteiger partial charge in [-0.2, -0.15) is 0 Å². The lowest BCUT2D eigenvalue weighted by atomic mass is 9.93. The van der Waals surface area contributed by atoms with E-state index in [2.05, 4.69) is 265 Å². The van der Waals surface area contributed by atoms with Crippen LogP contribution in [-0.4, -0.2) is 19.5 Å². The molecule has 0 spiro atoms. The Bertz CT molecular complexity index is 5040. The first-order valence-corrected chi connectivity index (χ1v) is 28.9. The summed E-state index contributed by atoms with van der Waals surface area (Å²) < 4.78 is 7.45. The molecule has 0 aliphatic heterocycles. The zero-order chi connectivity index (χ0) is 53.4. The maximum Gasteiger partial charge on any atom is 0.164 e. The van der Waals surface area contributed by atoms with Gasteiger partial charge in [-0.05, 0) is 134 Å². The van der Waals surface area contributed by atoms with Crippen molar-refractivity contribution in [3.63, 3.8) is 0 Å². The van der Waals surface area contributed by atoms with Gasteiger partial charge >= 0.3 is 0 Å². The van der Waals surface area contributed by atoms with Gasteiger partial charge in [-0.25, -0.2) is 15.0 Å². The molecule has 81 heavy (non-hydrogen) atoms. The van der Waals surface area contributed by atoms with E-state index in [1.165, 1.54) is 79.0 Å². The van der Waals surface area contributed by atoms with E-state index < -0.39 is 0 Å². The minimum absolute atomic E-state index is 0.619. The quantitative estimate of drug-likeness (QED) is 0.145. The van der Waals surface area contributed by atoms with Crippen molar-refractivity contribution in [1.82, 2.24) is 19.5 Å². The van der Waals surface area contributed by atoms with Gasteiger partial charge in [0.25, 0.3) is 0 Å². The molecule has 0 saturated carbocycles. The molecular weight excluding hydrogens is 1020 g/mol. The third-order valence-corrected chi connectivity index (χ3v) is 18.2. The second-order valence-electron chi connectivity index (χ2n) is 20.7. The third kappa shape index (κ3) is 8.23. The van der Waals surface area contributed by atoms with Gasteiger partial charge in [-0.15, -0.1) is 22.7 Å². The molecule has 4 nitrogen and oxygen atoms in total. The van der Waals surface area contributed by atoms with Crippen LogP contribution in [-0.2, 0) is 0 Å². The highest BCUT2D eigenvalue weighted by atomic mass is 32.1. The van der Waals surface area contributed by atoms with Crippen LogP contribution < -0.4 is 0 Å². The van der Waals surface area contributed by atoms with Crippen molar-refractivity contribution in [2.24, 2.45) is 0 Å². The van der Waals surface area contributed by atoms with Gasteiger partial charge in [0.1, 0.15) is 0 Å². The maximum atomic E-state index is 5.39. The van der Waals surface area contributed by atoms with Crippen LogP contribution in [0.1, 0.15) is 0 Å². The SMILES string of the molecule is c1ccc(-c2cc(-c3ccccc3)cc(-c3cccc(-c4nc(-c5ccccc5)nc(-c5cccc6sc7ccc(-c8ccc9c(c8)c8ccccc8n9-c8ccc(-c9cccc%10c9sc9ccccc9%10)cc8)cc7c56)n4)c3)c2)cc1. The van der Waals surface area contributed by atoms with E-state index in [4.69, 9.17) is 15.0 Å². The number of nitrogens with zero attached hydrogens (tertiary/aromatic N) is 4. The predicted octanol–water partition coefficient (Wildman–Crippen LogP) is 21.0. The minimum atomic E-state index is 0.619. The Labute approximate surface area is 475 Å². The molecule has 0 bridgehead atoms. The Morgan fingerprint density at radius 3 is 1.48 bits per heavy atom. The molecule has 16 rings (SSSR count). The Kier molecular flexibility index (Phi) is 11.2. The van der Waals surface area contributed by atoms with Crippen molar-refractivity contribution in [1.29, 1.82) is 0 Å². The van der Waals surface area contributed by atoms with E-state index in [0.717, 1.165) is 61.1 Å². The summed E-state index contributed by atoms with van der Waals surface area (Å²) in [4.78, 5) is 15.9. The summed E-state index contributed by atoms with van der Waals surface area (Å²) in [7, 11) is 0. The lowest BCUT2D eigenvalue weighted by molar-refractivity contribution is 1.08. The Balaban J connectivity index is 0.790. The molecule has 0 fully saturated rings. The fourth-order valence-corrected chi connectivity index (χ4v) is 14.3. The molecule has 0 aliphatic carbocycles. The van der Waals surface area contributed by atoms with Gasteiger partial charge in [-0.1, -0.05) is 200 Å². The first kappa shape index (κ1) is 46.9. The molecule has 6 heteroatoms. The maximum absolute atomic E-state index is 5.39. The van der Waals surface area contributed by atoms with Gasteiger partial charge < -0.3 is 4.57 Å². The van der Waals surface area contributed by atoms with E-state index in [1.54, 1.807) is 11.3 Å². The molecule has 0 atom stereocenters. The summed E-state index contributed by atoms with van der Waals surface area (Å²) in [5.74, 6) is 1.88. The van der Waals surface area contributed by atoms with Crippen molar-refractivity contribution < 1.29 is 0 Å². The van der Waals surface area contributed by atoms with Crippen LogP contribution in [0.15, 0.2) is 279 Å². The standard InChI is InChI=1S/C75H46N4S2/c1-4-17-47(18-5-1)55-42-56(48-19-6-2-7-20-48)44-57(43-55)51-23-14-24-54(41-51)74-76-73(50-21-8-3-9-22-50)77-75(78-74)63-29-16-32-70-71(63)65-46-53(36-40-69(65)80-70)52-35-39-67-64(45-52)60-25-10-12-30-66(60)79(67)58-37-33-49(34-38-58)59-27-15-28-62-61-26-11-13-31-68(61)81-72(59)62/h1-46H. The number of benzene rings is 12. The smallest absolute Gasteiger partial charge is 0.164 e. The molecular formula is C75H46N4S2. The van der Waals surface area contributed by atoms with Gasteiger partial charge in [0, 0.05) is 73.5 Å². The second kappa shape index (κ2) is 19.4. The lowest BCUT2D eigenvalue weighted by Crippen LogP contribution is -2.00. The third-order valence-electron chi connectivity index (χ3n) is 15.9. The van der Waals surface area contributed by atoms with Crippen molar-refractivity contribution in [3.8, 4) is 95.5 Å². The van der Waals surface area contributed by atoms with E-state index in [9.17, 15) is 0 Å². The van der Waals surface area contributed by atoms with E-state index in [0.29, 0.717) is 17.5 Å². The number of rotatable bonds is 9. The number of hydrogen-bond donors (Lipinski definition) is 0. The molecule has 0 radical (unpaired) electrons. The van der Waals surface area contributed by atoms with Crippen LogP contribution in [0.3, 0.4) is 0 Å². The number of hydrogen-bond acceptors (Lipinski definition) is 5. The van der Waals surface area contributed by atoms with E-state index in [-0.39, 0.29) is 0 Å². The largest absolute Gasteiger partial charge is 0.309 e. The number of aromatic nitrogens is 4. The van der Waals surface area contributed by atoms with E-state index >= 15 is 0 Å². The Morgan fingerprint density at radius 1 is 0.247 bits per heavy atom. The predicted molar refractivity (Wildman–Crippen MR) is 343 cm³/mol. The van der Waals surface area contributed by atoms with Gasteiger partial charge in [0.15, 0.2) is 17.5 Å². The molecule has 0 aliphatic rings. The Hall–Kier alpha value is -10.1. The van der Waals surface area contributed by atoms with Crippen LogP contribution in [0.25, 0.3) is 158 Å². The highest BCUT2D eigenvalue weighted by Crippen LogP contribution is 2.44. The summed E-state index contributed by atoms with van der Waals surface area (Å²) in [6.45, 7) is 0. The normalized spacial score (nSPS) is 11.7. The average molecular weight is 1070 g/mol. The first-order chi connectivity index (χ1) is 40.1. The molecule has 0 saturated heterocycles. The van der Waals surface area contributed by atoms with Crippen molar-refractivity contribution in [3.05, 3.63) is 279 Å². The number of thiophene rings is 2. The molecule has 0 unspecified atom stereocenters. The van der Waals surface area contributed by atoms with Gasteiger partial charge in [0.2, 0.25) is 0 Å². The highest BCUT2D eigenvalue weighted by molar-refractivity contribution is 7.26. The van der Waals surface area contributed by atoms with Crippen molar-refractivity contribution in [2.75, 3.05) is 0 Å². The average Bonchev–Trinajstić information content (AvgIpc) is 4.33. The lowest BCUT2D eigenvalue weighted by Gasteiger charge is -2.13. The molecule has 4 heterocycles. The molecule has 0 amide bonds. The second-order valence-corrected chi connectivity index (χ2v) is 22.8. The zero-order valence-corrected chi connectivity index (χ0v) is 45.3. The highest BCUT2D eigenvalue weighted by Gasteiger charge is 2.20. The summed E-state index contributed by atoms with van der Waals surface area (Å²) >= 11 is 3.68. The molecule has 378 valence electrons. The minimum Gasteiger partial charge on any atom is -0.309 e. The van der Waals surface area contributed by atoms with Crippen LogP contribution >= 0.6 is 22.7 Å². The fourth-order valence-electron chi connectivity index (χ4n) is 12.0. The van der Waals surface area contributed by atoms with Crippen molar-refractivity contribution >= 4 is 84.8 Å². The zero-order valence-electron chi connectivity index (χ0n) is 43.7. The molecule has 4 aromatic heterocycles.